The van der Waals surface area contributed by atoms with Crippen LogP contribution in [-0.2, 0) is 44.5 Å². The van der Waals surface area contributed by atoms with Crippen molar-refractivity contribution < 1.29 is 57.5 Å². The Morgan fingerprint density at radius 3 is 2.45 bits per heavy atom. The lowest BCUT2D eigenvalue weighted by atomic mass is 9.81. The third kappa shape index (κ3) is 11.4. The van der Waals surface area contributed by atoms with Crippen LogP contribution in [0.4, 0.5) is 15.3 Å². The van der Waals surface area contributed by atoms with Crippen molar-refractivity contribution in [2.45, 2.75) is 141 Å². The number of aliphatic hydroxyl groups is 1. The summed E-state index contributed by atoms with van der Waals surface area (Å²) in [7, 11) is 6.05. The van der Waals surface area contributed by atoms with Crippen molar-refractivity contribution in [3.05, 3.63) is 46.5 Å². The fourth-order valence-corrected chi connectivity index (χ4v) is 8.95. The molecule has 62 heavy (non-hydrogen) atoms. The number of nitrogens with zero attached hydrogens (tertiary/aromatic N) is 2. The van der Waals surface area contributed by atoms with Gasteiger partial charge in [0.2, 0.25) is 11.8 Å². The van der Waals surface area contributed by atoms with Gasteiger partial charge in [-0.3, -0.25) is 14.9 Å². The number of likely N-dealkylation sites (N-methyl/N-ethyl adjacent to an activating group) is 1. The number of carbonyl (C=O) groups is 5. The number of carbonyl (C=O) groups excluding carboxylic acids is 5. The molecule has 4 amide bonds. The molecule has 5 rings (SSSR count). The topological polar surface area (TPSA) is 195 Å². The largest absolute Gasteiger partial charge is 0.495 e. The summed E-state index contributed by atoms with van der Waals surface area (Å²) in [6.45, 7) is 12.9. The standard InChI is InChI=1S/C45H65ClN4O12/c1-25-13-12-14-34(58-11)45(56)23-33(59-42(55)48-45)26(2)38-44(7,61-38)35(22-36(51)50(9)31-20-29(19-25)21-32(57-10)37(31)46)60-40(53)27(3)49(8)39(52)30-17-15-28(16-18-30)24-47-41(54)62-43(4,5)6/h12-14,20-21,26-28,30,33-35,38,56H,15-19,22-24H2,1-11H3,(H,47,54)(H,48,55)/b14-12+,25-13+/t26-,27-,28?,30?,33+,34-,35+,38?,44+,45+/m1/s1. The Bertz CT molecular complexity index is 1910. The molecule has 1 saturated carbocycles. The summed E-state index contributed by atoms with van der Waals surface area (Å²) in [5.74, 6) is -1.72. The number of fused-ring (bicyclic) bond motifs is 5. The fraction of sp³-hybridized carbons (Fsp3) is 0.667. The number of ether oxygens (including phenoxy) is 6. The van der Waals surface area contributed by atoms with E-state index in [0.717, 1.165) is 11.1 Å². The maximum Gasteiger partial charge on any atom is 0.409 e. The smallest absolute Gasteiger partial charge is 0.409 e. The zero-order chi connectivity index (χ0) is 45.9. The zero-order valence-corrected chi connectivity index (χ0v) is 38.6. The van der Waals surface area contributed by atoms with Crippen LogP contribution in [0.2, 0.25) is 5.02 Å². The molecule has 3 heterocycles. The molecule has 4 aliphatic rings. The lowest BCUT2D eigenvalue weighted by Crippen LogP contribution is -2.63. The van der Waals surface area contributed by atoms with Crippen molar-refractivity contribution in [3.8, 4) is 5.75 Å². The van der Waals surface area contributed by atoms with Gasteiger partial charge in [0.25, 0.3) is 0 Å². The second-order valence-electron chi connectivity index (χ2n) is 18.4. The average molecular weight is 889 g/mol. The lowest BCUT2D eigenvalue weighted by Gasteiger charge is -2.42. The van der Waals surface area contributed by atoms with Crippen LogP contribution < -0.4 is 20.3 Å². The van der Waals surface area contributed by atoms with E-state index in [1.807, 2.05) is 13.0 Å². The molecule has 1 aromatic carbocycles. The van der Waals surface area contributed by atoms with Gasteiger partial charge >= 0.3 is 18.2 Å². The van der Waals surface area contributed by atoms with E-state index in [2.05, 4.69) is 10.6 Å². The van der Waals surface area contributed by atoms with E-state index in [1.165, 1.54) is 24.0 Å². The highest BCUT2D eigenvalue weighted by molar-refractivity contribution is 6.35. The Morgan fingerprint density at radius 2 is 1.82 bits per heavy atom. The van der Waals surface area contributed by atoms with Crippen LogP contribution in [-0.4, -0.2) is 122 Å². The molecule has 0 radical (unpaired) electrons. The number of methoxy groups -OCH3 is 2. The van der Waals surface area contributed by atoms with Crippen LogP contribution in [0.15, 0.2) is 35.9 Å². The summed E-state index contributed by atoms with van der Waals surface area (Å²) in [4.78, 5) is 70.1. The van der Waals surface area contributed by atoms with Gasteiger partial charge in [0.15, 0.2) is 5.72 Å². The highest BCUT2D eigenvalue weighted by Gasteiger charge is 2.64. The third-order valence-electron chi connectivity index (χ3n) is 12.6. The van der Waals surface area contributed by atoms with Crippen LogP contribution in [0.3, 0.4) is 0 Å². The average Bonchev–Trinajstić information content (AvgIpc) is 3.91. The minimum absolute atomic E-state index is 0.0657. The monoisotopic (exact) mass is 888 g/mol. The SMILES string of the molecule is COc1cc2cc(c1Cl)N(C)C(=O)C[C@H](OC(=O)[C@@H](C)N(C)C(=O)C1CCC(CNC(=O)OC(C)(C)C)CC1)[C@]1(C)OC1[C@H](C)[C@@H]1C[C@@](O)(NC(=O)O1)[C@H](OC)/C=C/C=C(\C)C2. The Morgan fingerprint density at radius 1 is 1.15 bits per heavy atom. The van der Waals surface area contributed by atoms with Crippen molar-refractivity contribution in [3.63, 3.8) is 0 Å². The van der Waals surface area contributed by atoms with E-state index in [-0.39, 0.29) is 35.6 Å². The molecular weight excluding hydrogens is 824 g/mol. The number of epoxide rings is 1. The molecule has 3 aliphatic heterocycles. The molecule has 4 bridgehead atoms. The Kier molecular flexibility index (Phi) is 15.4. The molecule has 344 valence electrons. The van der Waals surface area contributed by atoms with Gasteiger partial charge in [-0.1, -0.05) is 42.3 Å². The number of esters is 1. The molecule has 1 unspecified atom stereocenters. The van der Waals surface area contributed by atoms with Gasteiger partial charge in [0, 0.05) is 46.0 Å². The number of hydrogen-bond acceptors (Lipinski definition) is 12. The van der Waals surface area contributed by atoms with Crippen molar-refractivity contribution in [1.82, 2.24) is 15.5 Å². The maximum absolute atomic E-state index is 14.3. The summed E-state index contributed by atoms with van der Waals surface area (Å²) >= 11 is 6.81. The predicted octanol–water partition coefficient (Wildman–Crippen LogP) is 5.85. The summed E-state index contributed by atoms with van der Waals surface area (Å²) in [6.07, 6.45) is 2.90. The van der Waals surface area contributed by atoms with Crippen LogP contribution in [0.5, 0.6) is 5.75 Å². The number of amides is 4. The van der Waals surface area contributed by atoms with E-state index in [0.29, 0.717) is 50.1 Å². The number of alkyl carbamates (subject to hydrolysis) is 2. The molecule has 3 N–H and O–H groups in total. The van der Waals surface area contributed by atoms with Gasteiger partial charge in [-0.05, 0) is 97.3 Å². The van der Waals surface area contributed by atoms with Crippen LogP contribution in [0.1, 0.15) is 92.6 Å². The number of allylic oxidation sites excluding steroid dienone is 3. The zero-order valence-electron chi connectivity index (χ0n) is 37.9. The molecule has 0 spiro atoms. The highest BCUT2D eigenvalue weighted by atomic mass is 35.5. The number of hydrogen-bond donors (Lipinski definition) is 3. The Labute approximate surface area is 369 Å². The number of benzene rings is 1. The van der Waals surface area contributed by atoms with Crippen LogP contribution in [0, 0.1) is 17.8 Å². The van der Waals surface area contributed by atoms with Crippen molar-refractivity contribution in [2.24, 2.45) is 17.8 Å². The number of halogens is 1. The summed E-state index contributed by atoms with van der Waals surface area (Å²) < 4.78 is 34.8. The van der Waals surface area contributed by atoms with E-state index < -0.39 is 77.4 Å². The summed E-state index contributed by atoms with van der Waals surface area (Å²) in [6, 6.07) is 2.56. The first-order valence-corrected chi connectivity index (χ1v) is 21.7. The second kappa shape index (κ2) is 19.6. The van der Waals surface area contributed by atoms with E-state index in [9.17, 15) is 29.1 Å². The molecule has 1 aliphatic carbocycles. The molecule has 17 heteroatoms. The Balaban J connectivity index is 1.38. The first-order chi connectivity index (χ1) is 29.0. The van der Waals surface area contributed by atoms with Gasteiger partial charge in [-0.25, -0.2) is 14.4 Å². The van der Waals surface area contributed by atoms with Gasteiger partial charge < -0.3 is 48.6 Å². The van der Waals surface area contributed by atoms with E-state index >= 15 is 0 Å². The van der Waals surface area contributed by atoms with Crippen molar-refractivity contribution in [1.29, 1.82) is 0 Å². The Hall–Kier alpha value is -4.38. The maximum atomic E-state index is 14.3. The minimum atomic E-state index is -1.85. The molecule has 0 aromatic heterocycles. The first kappa shape index (κ1) is 48.6. The molecule has 3 fully saturated rings. The highest BCUT2D eigenvalue weighted by Crippen LogP contribution is 2.49. The van der Waals surface area contributed by atoms with Crippen molar-refractivity contribution >= 4 is 47.3 Å². The molecule has 1 aromatic rings. The second-order valence-corrected chi connectivity index (χ2v) is 18.8. The summed E-state index contributed by atoms with van der Waals surface area (Å²) in [5, 5.41) is 17.4. The third-order valence-corrected chi connectivity index (χ3v) is 13.0. The quantitative estimate of drug-likeness (QED) is 0.161. The molecule has 16 nitrogen and oxygen atoms in total. The van der Waals surface area contributed by atoms with E-state index in [4.69, 9.17) is 40.0 Å². The first-order valence-electron chi connectivity index (χ1n) is 21.3. The number of nitrogens with one attached hydrogen (secondary N) is 2. The van der Waals surface area contributed by atoms with Gasteiger partial charge in [0.1, 0.15) is 46.3 Å². The molecular formula is C45H65ClN4O12. The normalized spacial score (nSPS) is 32.4. The van der Waals surface area contributed by atoms with Crippen LogP contribution in [0.25, 0.3) is 0 Å². The van der Waals surface area contributed by atoms with Gasteiger partial charge in [-0.15, -0.1) is 0 Å². The number of anilines is 1. The van der Waals surface area contributed by atoms with Gasteiger partial charge in [0.05, 0.1) is 25.3 Å². The summed E-state index contributed by atoms with van der Waals surface area (Å²) in [5.41, 5.74) is -1.60. The molecule has 2 saturated heterocycles. The predicted molar refractivity (Wildman–Crippen MR) is 231 cm³/mol. The van der Waals surface area contributed by atoms with Crippen molar-refractivity contribution in [2.75, 3.05) is 39.8 Å². The minimum Gasteiger partial charge on any atom is -0.495 e. The fourth-order valence-electron chi connectivity index (χ4n) is 8.64. The van der Waals surface area contributed by atoms with Gasteiger partial charge in [-0.2, -0.15) is 0 Å². The lowest BCUT2D eigenvalue weighted by molar-refractivity contribution is -0.163. The van der Waals surface area contributed by atoms with Crippen LogP contribution >= 0.6 is 11.6 Å². The molecule has 8 atom stereocenters. The number of rotatable bonds is 8. The van der Waals surface area contributed by atoms with E-state index in [1.54, 1.807) is 79.9 Å².